The van der Waals surface area contributed by atoms with Gasteiger partial charge in [-0.1, -0.05) is 6.08 Å². The highest BCUT2D eigenvalue weighted by Gasteiger charge is 2.54. The van der Waals surface area contributed by atoms with Crippen LogP contribution >= 0.6 is 0 Å². The molecule has 1 amide bonds. The minimum Gasteiger partial charge on any atom is -0.354 e. The summed E-state index contributed by atoms with van der Waals surface area (Å²) in [6.07, 6.45) is 6.54. The van der Waals surface area contributed by atoms with E-state index in [2.05, 4.69) is 27.1 Å². The van der Waals surface area contributed by atoms with Crippen LogP contribution in [0.15, 0.2) is 60.2 Å². The number of amides is 1. The molecule has 4 aromatic rings. The third-order valence-corrected chi connectivity index (χ3v) is 11.4. The molecule has 0 spiro atoms. The van der Waals surface area contributed by atoms with E-state index in [4.69, 9.17) is 4.98 Å². The molecular weight excluding hydrogens is 576 g/mol. The molecule has 0 unspecified atom stereocenters. The predicted octanol–water partition coefficient (Wildman–Crippen LogP) is 3.94. The van der Waals surface area contributed by atoms with Crippen molar-refractivity contribution in [1.82, 2.24) is 24.6 Å². The van der Waals surface area contributed by atoms with E-state index in [0.29, 0.717) is 52.4 Å². The summed E-state index contributed by atoms with van der Waals surface area (Å²) < 4.78 is 28.6. The lowest BCUT2D eigenvalue weighted by atomic mass is 9.99. The maximum atomic E-state index is 14.0. The van der Waals surface area contributed by atoms with Crippen molar-refractivity contribution in [3.05, 3.63) is 93.7 Å². The second kappa shape index (κ2) is 11.4. The number of aryl methyl sites for hydroxylation is 3. The SMILES string of the molecule is C=CCC1(S(=O)(=O)n2cc(C)c3c(C(=O)NCc4c(C)cc(C)[nH]c4=O)cc(-c4ccc(N5CCNCC5)nc4)cc32)CC1. The predicted molar refractivity (Wildman–Crippen MR) is 174 cm³/mol. The summed E-state index contributed by atoms with van der Waals surface area (Å²) in [6.45, 7) is 12.8. The number of hydrogen-bond acceptors (Lipinski definition) is 7. The Bertz CT molecular complexity index is 1930. The fourth-order valence-corrected chi connectivity index (χ4v) is 8.31. The highest BCUT2D eigenvalue weighted by Crippen LogP contribution is 2.49. The Hall–Kier alpha value is -4.22. The molecule has 1 aliphatic heterocycles. The van der Waals surface area contributed by atoms with Crippen LogP contribution in [-0.2, 0) is 16.6 Å². The second-order valence-electron chi connectivity index (χ2n) is 12.0. The van der Waals surface area contributed by atoms with Gasteiger partial charge in [-0.25, -0.2) is 17.4 Å². The number of allylic oxidation sites excluding steroid dienone is 1. The fraction of sp³-hybridized carbons (Fsp3) is 0.364. The number of H-pyrrole nitrogens is 1. The Kier molecular flexibility index (Phi) is 7.71. The zero-order valence-corrected chi connectivity index (χ0v) is 26.2. The molecule has 1 aliphatic carbocycles. The molecule has 230 valence electrons. The molecule has 3 aromatic heterocycles. The number of aromatic nitrogens is 3. The van der Waals surface area contributed by atoms with Gasteiger partial charge in [0.1, 0.15) is 5.82 Å². The number of carbonyl (C=O) groups is 1. The number of benzene rings is 1. The Labute approximate surface area is 257 Å². The topological polar surface area (TPSA) is 129 Å². The number of fused-ring (bicyclic) bond motifs is 1. The summed E-state index contributed by atoms with van der Waals surface area (Å²) in [5.41, 5.74) is 4.65. The third-order valence-electron chi connectivity index (χ3n) is 8.88. The molecule has 44 heavy (non-hydrogen) atoms. The third kappa shape index (κ3) is 5.24. The molecule has 0 atom stereocenters. The van der Waals surface area contributed by atoms with Gasteiger partial charge in [-0.15, -0.1) is 6.58 Å². The quantitative estimate of drug-likeness (QED) is 0.244. The maximum Gasteiger partial charge on any atom is 0.253 e. The molecule has 1 saturated heterocycles. The molecule has 0 bridgehead atoms. The first-order valence-corrected chi connectivity index (χ1v) is 16.4. The first kappa shape index (κ1) is 29.8. The number of carbonyl (C=O) groups excluding carboxylic acids is 1. The molecule has 2 aliphatic rings. The number of pyridine rings is 2. The molecule has 0 radical (unpaired) electrons. The van der Waals surface area contributed by atoms with E-state index >= 15 is 0 Å². The van der Waals surface area contributed by atoms with Crippen molar-refractivity contribution in [2.45, 2.75) is 51.3 Å². The van der Waals surface area contributed by atoms with Crippen LogP contribution < -0.4 is 21.1 Å². The Morgan fingerprint density at radius 2 is 1.84 bits per heavy atom. The smallest absolute Gasteiger partial charge is 0.253 e. The summed E-state index contributed by atoms with van der Waals surface area (Å²) in [4.78, 5) is 36.2. The van der Waals surface area contributed by atoms with Crippen LogP contribution in [0.2, 0.25) is 0 Å². The van der Waals surface area contributed by atoms with Crippen molar-refractivity contribution in [2.75, 3.05) is 31.1 Å². The van der Waals surface area contributed by atoms with E-state index in [9.17, 15) is 18.0 Å². The Balaban J connectivity index is 1.45. The lowest BCUT2D eigenvalue weighted by molar-refractivity contribution is 0.0952. The van der Waals surface area contributed by atoms with Crippen molar-refractivity contribution in [1.29, 1.82) is 0 Å². The van der Waals surface area contributed by atoms with Crippen LogP contribution in [-0.4, -0.2) is 59.2 Å². The zero-order chi connectivity index (χ0) is 31.2. The number of nitrogens with zero attached hydrogens (tertiary/aromatic N) is 3. The van der Waals surface area contributed by atoms with Gasteiger partial charge in [0.2, 0.25) is 10.0 Å². The maximum absolute atomic E-state index is 14.0. The van der Waals surface area contributed by atoms with E-state index in [1.54, 1.807) is 24.5 Å². The molecule has 11 heteroatoms. The van der Waals surface area contributed by atoms with Crippen molar-refractivity contribution < 1.29 is 13.2 Å². The average molecular weight is 615 g/mol. The number of anilines is 1. The van der Waals surface area contributed by atoms with Crippen LogP contribution in [0.5, 0.6) is 0 Å². The normalized spacial score (nSPS) is 16.2. The van der Waals surface area contributed by atoms with Gasteiger partial charge in [-0.2, -0.15) is 0 Å². The van der Waals surface area contributed by atoms with Crippen molar-refractivity contribution in [3.63, 3.8) is 0 Å². The molecular formula is C33H38N6O4S. The van der Waals surface area contributed by atoms with Gasteiger partial charge in [0, 0.05) is 72.9 Å². The second-order valence-corrected chi connectivity index (χ2v) is 14.2. The summed E-state index contributed by atoms with van der Waals surface area (Å²) in [5.74, 6) is 0.474. The van der Waals surface area contributed by atoms with Crippen molar-refractivity contribution in [2.24, 2.45) is 0 Å². The van der Waals surface area contributed by atoms with Gasteiger partial charge in [0.15, 0.2) is 0 Å². The number of nitrogens with one attached hydrogen (secondary N) is 3. The molecule has 2 fully saturated rings. The Morgan fingerprint density at radius 3 is 2.48 bits per heavy atom. The van der Waals surface area contributed by atoms with E-state index < -0.39 is 20.7 Å². The minimum absolute atomic E-state index is 0.0352. The van der Waals surface area contributed by atoms with E-state index in [-0.39, 0.29) is 12.1 Å². The van der Waals surface area contributed by atoms with Gasteiger partial charge in [-0.05, 0) is 87.1 Å². The lowest BCUT2D eigenvalue weighted by Gasteiger charge is -2.28. The van der Waals surface area contributed by atoms with Gasteiger partial charge >= 0.3 is 0 Å². The molecule has 3 N–H and O–H groups in total. The highest BCUT2D eigenvalue weighted by atomic mass is 32.2. The summed E-state index contributed by atoms with van der Waals surface area (Å²) in [7, 11) is -3.79. The van der Waals surface area contributed by atoms with Gasteiger partial charge in [-0.3, -0.25) is 9.59 Å². The fourth-order valence-electron chi connectivity index (χ4n) is 6.25. The summed E-state index contributed by atoms with van der Waals surface area (Å²) >= 11 is 0. The largest absolute Gasteiger partial charge is 0.354 e. The first-order valence-electron chi connectivity index (χ1n) is 15.0. The van der Waals surface area contributed by atoms with Gasteiger partial charge in [0.25, 0.3) is 11.5 Å². The van der Waals surface area contributed by atoms with Crippen LogP contribution in [0.4, 0.5) is 5.82 Å². The van der Waals surface area contributed by atoms with E-state index in [1.807, 2.05) is 45.0 Å². The molecule has 1 aromatic carbocycles. The first-order chi connectivity index (χ1) is 21.0. The van der Waals surface area contributed by atoms with Crippen LogP contribution in [0.1, 0.15) is 52.0 Å². The standard InChI is InChI=1S/C33H38N6O4S/c1-5-8-33(9-10-33)44(42,43)39-20-22(3)30-26(31(40)36-19-27-21(2)15-23(4)37-32(27)41)16-25(17-28(30)39)24-6-7-29(35-18-24)38-13-11-34-12-14-38/h5-7,15-18,20,34H,1,8-14,19H2,2-4H3,(H,36,40)(H,37,41). The highest BCUT2D eigenvalue weighted by molar-refractivity contribution is 7.91. The minimum atomic E-state index is -3.79. The van der Waals surface area contributed by atoms with Gasteiger partial charge in [0.05, 0.1) is 10.3 Å². The average Bonchev–Trinajstić information content (AvgIpc) is 3.73. The lowest BCUT2D eigenvalue weighted by Crippen LogP contribution is -2.43. The molecule has 1 saturated carbocycles. The zero-order valence-electron chi connectivity index (χ0n) is 25.4. The van der Waals surface area contributed by atoms with E-state index in [0.717, 1.165) is 48.8 Å². The Morgan fingerprint density at radius 1 is 1.09 bits per heavy atom. The van der Waals surface area contributed by atoms with Gasteiger partial charge < -0.3 is 20.5 Å². The molecule has 10 nitrogen and oxygen atoms in total. The molecule has 4 heterocycles. The van der Waals surface area contributed by atoms with E-state index in [1.165, 1.54) is 3.97 Å². The summed E-state index contributed by atoms with van der Waals surface area (Å²) in [6, 6.07) is 9.40. The van der Waals surface area contributed by atoms with Crippen LogP contribution in [0.3, 0.4) is 0 Å². The monoisotopic (exact) mass is 614 g/mol. The van der Waals surface area contributed by atoms with Crippen LogP contribution in [0.25, 0.3) is 22.0 Å². The number of aromatic amines is 1. The molecule has 6 rings (SSSR count). The van der Waals surface area contributed by atoms with Crippen molar-refractivity contribution >= 4 is 32.7 Å². The number of rotatable bonds is 9. The van der Waals surface area contributed by atoms with Crippen molar-refractivity contribution in [3.8, 4) is 11.1 Å². The summed E-state index contributed by atoms with van der Waals surface area (Å²) in [5, 5.41) is 6.82. The number of hydrogen-bond donors (Lipinski definition) is 3. The van der Waals surface area contributed by atoms with Crippen LogP contribution in [0, 0.1) is 20.8 Å². The number of piperazine rings is 1.